The van der Waals surface area contributed by atoms with Crippen LogP contribution in [0.5, 0.6) is 11.5 Å². The van der Waals surface area contributed by atoms with Gasteiger partial charge in [0.25, 0.3) is 0 Å². The third-order valence-electron chi connectivity index (χ3n) is 8.85. The molecule has 0 unspecified atom stereocenters. The van der Waals surface area contributed by atoms with Gasteiger partial charge in [-0.25, -0.2) is 0 Å². The molecule has 10 rings (SSSR count). The van der Waals surface area contributed by atoms with Crippen molar-refractivity contribution in [2.75, 3.05) is 0 Å². The van der Waals surface area contributed by atoms with Gasteiger partial charge in [0, 0.05) is 32.5 Å². The first-order chi connectivity index (χ1) is 21.3. The van der Waals surface area contributed by atoms with Crippen LogP contribution >= 0.6 is 0 Å². The minimum absolute atomic E-state index is 0.874. The smallest absolute Gasteiger partial charge is 0.136 e. The number of ether oxygens (including phenoxy) is 1. The summed E-state index contributed by atoms with van der Waals surface area (Å²) in [6, 6.07) is 46.7. The third-order valence-corrected chi connectivity index (χ3v) is 8.85. The summed E-state index contributed by atoms with van der Waals surface area (Å²) >= 11 is 0. The predicted octanol–water partition coefficient (Wildman–Crippen LogP) is 11.7. The second-order valence-corrected chi connectivity index (χ2v) is 11.3. The highest BCUT2D eigenvalue weighted by atomic mass is 16.5. The van der Waals surface area contributed by atoms with Crippen molar-refractivity contribution < 1.29 is 13.6 Å². The van der Waals surface area contributed by atoms with E-state index in [0.29, 0.717) is 0 Å². The molecule has 0 atom stereocenters. The minimum Gasteiger partial charge on any atom is -0.456 e. The van der Waals surface area contributed by atoms with Gasteiger partial charge in [0.15, 0.2) is 0 Å². The molecule has 0 fully saturated rings. The Morgan fingerprint density at radius 1 is 0.349 bits per heavy atom. The molecule has 200 valence electrons. The average Bonchev–Trinajstić information content (AvgIpc) is 3.61. The Morgan fingerprint density at radius 2 is 0.930 bits per heavy atom. The third kappa shape index (κ3) is 3.30. The van der Waals surface area contributed by atoms with Crippen LogP contribution in [0.1, 0.15) is 0 Å². The van der Waals surface area contributed by atoms with Gasteiger partial charge in [-0.3, -0.25) is 0 Å². The maximum Gasteiger partial charge on any atom is 0.136 e. The van der Waals surface area contributed by atoms with Crippen molar-refractivity contribution in [3.8, 4) is 44.9 Å². The zero-order valence-electron chi connectivity index (χ0n) is 22.9. The van der Waals surface area contributed by atoms with E-state index in [-0.39, 0.29) is 0 Å². The summed E-state index contributed by atoms with van der Waals surface area (Å²) in [6.45, 7) is 0. The molecule has 0 saturated heterocycles. The van der Waals surface area contributed by atoms with Crippen molar-refractivity contribution >= 4 is 54.6 Å². The fourth-order valence-electron chi connectivity index (χ4n) is 6.80. The van der Waals surface area contributed by atoms with Gasteiger partial charge in [0.05, 0.1) is 0 Å². The van der Waals surface area contributed by atoms with Crippen LogP contribution in [0, 0.1) is 0 Å². The highest BCUT2D eigenvalue weighted by Gasteiger charge is 2.21. The lowest BCUT2D eigenvalue weighted by Gasteiger charge is -2.22. The van der Waals surface area contributed by atoms with Gasteiger partial charge in [-0.2, -0.15) is 0 Å². The number of hydrogen-bond acceptors (Lipinski definition) is 3. The molecule has 0 amide bonds. The number of para-hydroxylation sites is 2. The molecule has 0 bridgehead atoms. The molecule has 43 heavy (non-hydrogen) atoms. The highest BCUT2D eigenvalue weighted by Crippen LogP contribution is 2.48. The van der Waals surface area contributed by atoms with Crippen LogP contribution < -0.4 is 4.74 Å². The van der Waals surface area contributed by atoms with E-state index in [2.05, 4.69) is 97.1 Å². The van der Waals surface area contributed by atoms with Gasteiger partial charge in [0.2, 0.25) is 0 Å². The molecule has 9 aromatic rings. The summed E-state index contributed by atoms with van der Waals surface area (Å²) in [6.07, 6.45) is 0. The lowest BCUT2D eigenvalue weighted by molar-refractivity contribution is 0.487. The average molecular weight is 551 g/mol. The summed E-state index contributed by atoms with van der Waals surface area (Å²) in [7, 11) is 0. The van der Waals surface area contributed by atoms with Crippen LogP contribution in [0.4, 0.5) is 0 Å². The van der Waals surface area contributed by atoms with E-state index >= 15 is 0 Å². The number of hydrogen-bond donors (Lipinski definition) is 0. The molecule has 3 nitrogen and oxygen atoms in total. The van der Waals surface area contributed by atoms with Crippen molar-refractivity contribution in [3.63, 3.8) is 0 Å². The Labute approximate surface area is 246 Å². The van der Waals surface area contributed by atoms with E-state index in [4.69, 9.17) is 13.6 Å². The summed E-state index contributed by atoms with van der Waals surface area (Å²) in [5, 5.41) is 6.81. The van der Waals surface area contributed by atoms with Gasteiger partial charge in [0.1, 0.15) is 33.8 Å². The normalized spacial score (nSPS) is 12.4. The fraction of sp³-hybridized carbons (Fsp3) is 0. The van der Waals surface area contributed by atoms with E-state index in [9.17, 15) is 0 Å². The number of benzene rings is 7. The fourth-order valence-corrected chi connectivity index (χ4v) is 6.80. The molecule has 0 aliphatic carbocycles. The van der Waals surface area contributed by atoms with Crippen molar-refractivity contribution in [2.24, 2.45) is 0 Å². The quantitative estimate of drug-likeness (QED) is 0.215. The summed E-state index contributed by atoms with van der Waals surface area (Å²) in [4.78, 5) is 0. The van der Waals surface area contributed by atoms with E-state index in [1.54, 1.807) is 0 Å². The Kier molecular flexibility index (Phi) is 4.45. The van der Waals surface area contributed by atoms with Gasteiger partial charge in [-0.05, 0) is 99.9 Å². The first-order valence-corrected chi connectivity index (χ1v) is 14.5. The Hall–Kier alpha value is -5.80. The van der Waals surface area contributed by atoms with Crippen LogP contribution in [0.15, 0.2) is 142 Å². The van der Waals surface area contributed by atoms with Crippen molar-refractivity contribution in [1.29, 1.82) is 0 Å². The summed E-state index contributed by atoms with van der Waals surface area (Å²) < 4.78 is 18.9. The first kappa shape index (κ1) is 22.8. The molecular formula is C40H22O3. The van der Waals surface area contributed by atoms with E-state index in [1.165, 1.54) is 5.56 Å². The van der Waals surface area contributed by atoms with Crippen LogP contribution in [0.25, 0.3) is 88.0 Å². The monoisotopic (exact) mass is 550 g/mol. The molecule has 2 aromatic heterocycles. The first-order valence-electron chi connectivity index (χ1n) is 14.5. The van der Waals surface area contributed by atoms with Crippen LogP contribution in [-0.2, 0) is 0 Å². The molecule has 1 aliphatic heterocycles. The summed E-state index contributed by atoms with van der Waals surface area (Å²) in [5.74, 6) is 1.79. The second-order valence-electron chi connectivity index (χ2n) is 11.3. The van der Waals surface area contributed by atoms with Gasteiger partial charge in [-0.15, -0.1) is 0 Å². The molecule has 0 spiro atoms. The van der Waals surface area contributed by atoms with E-state index in [0.717, 1.165) is 94.0 Å². The molecule has 0 N–H and O–H groups in total. The summed E-state index contributed by atoms with van der Waals surface area (Å²) in [5.41, 5.74) is 10.3. The molecule has 7 aromatic carbocycles. The van der Waals surface area contributed by atoms with Crippen LogP contribution in [0.3, 0.4) is 0 Å². The zero-order chi connectivity index (χ0) is 28.1. The van der Waals surface area contributed by atoms with Gasteiger partial charge >= 0.3 is 0 Å². The largest absolute Gasteiger partial charge is 0.456 e. The van der Waals surface area contributed by atoms with Crippen molar-refractivity contribution in [1.82, 2.24) is 0 Å². The van der Waals surface area contributed by atoms with E-state index < -0.39 is 0 Å². The van der Waals surface area contributed by atoms with Crippen molar-refractivity contribution in [2.45, 2.75) is 0 Å². The van der Waals surface area contributed by atoms with E-state index in [1.807, 2.05) is 36.4 Å². The minimum atomic E-state index is 0.874. The Morgan fingerprint density at radius 3 is 1.67 bits per heavy atom. The molecule has 0 radical (unpaired) electrons. The molecule has 0 saturated carbocycles. The topological polar surface area (TPSA) is 35.5 Å². The predicted molar refractivity (Wildman–Crippen MR) is 175 cm³/mol. The number of fused-ring (bicyclic) bond motifs is 8. The molecule has 3 heteroatoms. The van der Waals surface area contributed by atoms with Crippen LogP contribution in [0.2, 0.25) is 0 Å². The number of furan rings is 2. The van der Waals surface area contributed by atoms with Crippen LogP contribution in [-0.4, -0.2) is 0 Å². The SMILES string of the molecule is c1ccc2c(c1)Oc1cccc3cc(-c4ccc5c(c4)oc4cc(-c6ccc7c(c6)oc6ccccc67)ccc45)cc-2c13. The second kappa shape index (κ2) is 8.37. The molecule has 1 aliphatic rings. The van der Waals surface area contributed by atoms with Crippen molar-refractivity contribution in [3.05, 3.63) is 133 Å². The lowest BCUT2D eigenvalue weighted by Crippen LogP contribution is -1.97. The maximum absolute atomic E-state index is 6.50. The lowest BCUT2D eigenvalue weighted by atomic mass is 9.90. The van der Waals surface area contributed by atoms with Gasteiger partial charge < -0.3 is 13.6 Å². The standard InChI is InChI=1S/C40H22O3/c1-3-9-34-28(7-1)30-15-12-23(20-37(30)42-34)24-13-16-31-32-17-14-25(22-39(32)43-38(31)21-24)27-18-26-6-5-11-36-40(26)33(19-27)29-8-2-4-10-35(29)41-36/h1-22H. The maximum atomic E-state index is 6.50. The Bertz CT molecular complexity index is 2600. The van der Waals surface area contributed by atoms with Gasteiger partial charge in [-0.1, -0.05) is 66.7 Å². The molecular weight excluding hydrogens is 528 g/mol. The highest BCUT2D eigenvalue weighted by molar-refractivity contribution is 6.10. The molecule has 3 heterocycles. The zero-order valence-corrected chi connectivity index (χ0v) is 22.9. The Balaban J connectivity index is 1.09. The number of rotatable bonds is 2.